The monoisotopic (exact) mass is 374 g/mol. The van der Waals surface area contributed by atoms with Crippen molar-refractivity contribution in [1.29, 1.82) is 0 Å². The molecular formula is C20H14N4O4. The van der Waals surface area contributed by atoms with Gasteiger partial charge in [-0.1, -0.05) is 60.7 Å². The van der Waals surface area contributed by atoms with Crippen molar-refractivity contribution in [3.8, 4) is 0 Å². The van der Waals surface area contributed by atoms with Gasteiger partial charge in [0.1, 0.15) is 0 Å². The van der Waals surface area contributed by atoms with Crippen LogP contribution < -0.4 is 5.48 Å². The molecule has 0 spiro atoms. The average Bonchev–Trinajstić information content (AvgIpc) is 3.29. The zero-order chi connectivity index (χ0) is 19.6. The Balaban J connectivity index is 1.79. The summed E-state index contributed by atoms with van der Waals surface area (Å²) in [6.45, 7) is 0. The van der Waals surface area contributed by atoms with Crippen LogP contribution in [0, 0.1) is 0 Å². The fourth-order valence-corrected chi connectivity index (χ4v) is 2.13. The Kier molecular flexibility index (Phi) is 6.15. The lowest BCUT2D eigenvalue weighted by atomic mass is 10.2. The third kappa shape index (κ3) is 4.62. The summed E-state index contributed by atoms with van der Waals surface area (Å²) >= 11 is 0. The van der Waals surface area contributed by atoms with Crippen LogP contribution in [-0.2, 0) is 19.3 Å². The molecule has 0 amide bonds. The summed E-state index contributed by atoms with van der Waals surface area (Å²) in [6.07, 6.45) is 3.08. The molecule has 0 unspecified atom stereocenters. The summed E-state index contributed by atoms with van der Waals surface area (Å²) in [6, 6.07) is 19.0. The summed E-state index contributed by atoms with van der Waals surface area (Å²) in [7, 11) is 0. The van der Waals surface area contributed by atoms with E-state index in [1.54, 1.807) is 84.8 Å². The highest BCUT2D eigenvalue weighted by molar-refractivity contribution is 5.86. The number of hydroxylamine groups is 1. The largest absolute Gasteiger partial charge is 0.367 e. The lowest BCUT2D eigenvalue weighted by molar-refractivity contribution is 0.205. The van der Waals surface area contributed by atoms with E-state index in [4.69, 9.17) is 9.68 Å². The van der Waals surface area contributed by atoms with Gasteiger partial charge in [-0.15, -0.1) is 0 Å². The molecule has 8 nitrogen and oxygen atoms in total. The van der Waals surface area contributed by atoms with E-state index in [0.29, 0.717) is 11.1 Å². The quantitative estimate of drug-likeness (QED) is 0.234. The van der Waals surface area contributed by atoms with Gasteiger partial charge in [-0.3, -0.25) is 0 Å². The van der Waals surface area contributed by atoms with Gasteiger partial charge in [-0.05, 0) is 11.2 Å². The Hall–Kier alpha value is -4.38. The summed E-state index contributed by atoms with van der Waals surface area (Å²) in [5, 5.41) is 7.87. The van der Waals surface area contributed by atoms with Crippen molar-refractivity contribution in [2.24, 2.45) is 5.16 Å². The van der Waals surface area contributed by atoms with Crippen LogP contribution in [0.3, 0.4) is 0 Å². The topological polar surface area (TPSA) is 94.8 Å². The Morgan fingerprint density at radius 3 is 2.04 bits per heavy atom. The van der Waals surface area contributed by atoms with E-state index in [2.05, 4.69) is 15.7 Å². The molecule has 0 aliphatic rings. The molecule has 0 radical (unpaired) electrons. The maximum Gasteiger partial charge on any atom is 0.294 e. The van der Waals surface area contributed by atoms with Gasteiger partial charge in [0.15, 0.2) is 11.9 Å². The number of oxime groups is 1. The molecule has 28 heavy (non-hydrogen) atoms. The zero-order valence-corrected chi connectivity index (χ0v) is 14.5. The van der Waals surface area contributed by atoms with E-state index in [0.717, 1.165) is 0 Å². The van der Waals surface area contributed by atoms with Gasteiger partial charge in [0.05, 0.1) is 0 Å². The molecule has 1 aromatic heterocycles. The smallest absolute Gasteiger partial charge is 0.294 e. The minimum Gasteiger partial charge on any atom is -0.367 e. The number of aromatic nitrogens is 2. The first-order valence-corrected chi connectivity index (χ1v) is 8.10. The van der Waals surface area contributed by atoms with Gasteiger partial charge in [0.25, 0.3) is 5.96 Å². The third-order valence-corrected chi connectivity index (χ3v) is 3.45. The number of hydrogen-bond donors (Lipinski definition) is 1. The van der Waals surface area contributed by atoms with Crippen LogP contribution in [0.5, 0.6) is 0 Å². The molecular weight excluding hydrogens is 360 g/mol. The van der Waals surface area contributed by atoms with E-state index in [1.807, 2.05) is 0 Å². The van der Waals surface area contributed by atoms with E-state index in [-0.39, 0.29) is 17.5 Å². The molecule has 1 N–H and O–H groups in total. The average molecular weight is 374 g/mol. The Morgan fingerprint density at radius 1 is 0.893 bits per heavy atom. The molecule has 0 aliphatic carbocycles. The van der Waals surface area contributed by atoms with E-state index >= 15 is 0 Å². The van der Waals surface area contributed by atoms with Crippen molar-refractivity contribution in [1.82, 2.24) is 15.3 Å². The second kappa shape index (κ2) is 9.35. The van der Waals surface area contributed by atoms with Crippen LogP contribution >= 0.6 is 0 Å². The highest BCUT2D eigenvalue weighted by Gasteiger charge is 2.11. The molecule has 3 rings (SSSR count). The van der Waals surface area contributed by atoms with Crippen molar-refractivity contribution in [3.63, 3.8) is 0 Å². The van der Waals surface area contributed by atoms with Crippen LogP contribution in [0.2, 0.25) is 0 Å². The number of hydrogen-bond acceptors (Lipinski definition) is 6. The van der Waals surface area contributed by atoms with Crippen LogP contribution in [0.1, 0.15) is 11.1 Å². The molecule has 0 fully saturated rings. The lowest BCUT2D eigenvalue weighted by Gasteiger charge is -2.11. The van der Waals surface area contributed by atoms with Crippen LogP contribution in [-0.4, -0.2) is 27.6 Å². The maximum atomic E-state index is 11.2. The summed E-state index contributed by atoms with van der Waals surface area (Å²) in [5.41, 5.74) is 3.50. The summed E-state index contributed by atoms with van der Waals surface area (Å²) in [5.74, 6) is 3.16. The highest BCUT2D eigenvalue weighted by Crippen LogP contribution is 2.13. The Bertz CT molecular complexity index is 1030. The molecule has 0 saturated carbocycles. The fraction of sp³-hybridized carbons (Fsp3) is 0. The number of carbonyl (C=O) groups excluding carboxylic acids is 2. The lowest BCUT2D eigenvalue weighted by Crippen LogP contribution is -2.31. The first-order valence-electron chi connectivity index (χ1n) is 8.10. The SMILES string of the molecule is O=C=C(ON=C(NOC(=C=O)c1ccccc1)n1cccn1)c1ccccc1. The molecule has 3 aromatic rings. The van der Waals surface area contributed by atoms with Crippen LogP contribution in [0.4, 0.5) is 0 Å². The first kappa shape index (κ1) is 18.4. The molecule has 8 heteroatoms. The van der Waals surface area contributed by atoms with Crippen molar-refractivity contribution >= 4 is 29.4 Å². The normalized spacial score (nSPS) is 10.4. The summed E-state index contributed by atoms with van der Waals surface area (Å²) < 4.78 is 1.29. The van der Waals surface area contributed by atoms with Crippen molar-refractivity contribution in [3.05, 3.63) is 90.3 Å². The second-order valence-electron chi connectivity index (χ2n) is 5.26. The molecule has 0 aliphatic heterocycles. The number of benzene rings is 2. The minimum absolute atomic E-state index is 0.0302. The standard InChI is InChI=1S/C20H14N4O4/c25-14-18(16-8-3-1-4-9-16)27-22-20(24-13-7-12-21-24)23-28-19(15-26)17-10-5-2-6-11-17/h1-13H,(H,22,23). The van der Waals surface area contributed by atoms with Gasteiger partial charge in [-0.25, -0.2) is 14.3 Å². The van der Waals surface area contributed by atoms with Crippen molar-refractivity contribution in [2.75, 3.05) is 0 Å². The van der Waals surface area contributed by atoms with Crippen molar-refractivity contribution < 1.29 is 19.3 Å². The van der Waals surface area contributed by atoms with Crippen LogP contribution in [0.15, 0.2) is 84.3 Å². The van der Waals surface area contributed by atoms with E-state index in [9.17, 15) is 9.59 Å². The van der Waals surface area contributed by atoms with Gasteiger partial charge >= 0.3 is 0 Å². The molecule has 1 heterocycles. The number of rotatable bonds is 6. The third-order valence-electron chi connectivity index (χ3n) is 3.45. The maximum absolute atomic E-state index is 11.2. The minimum atomic E-state index is -0.124. The zero-order valence-electron chi connectivity index (χ0n) is 14.5. The fourth-order valence-electron chi connectivity index (χ4n) is 2.13. The predicted octanol–water partition coefficient (Wildman–Crippen LogP) is 2.29. The van der Waals surface area contributed by atoms with Crippen molar-refractivity contribution in [2.45, 2.75) is 0 Å². The molecule has 0 atom stereocenters. The predicted molar refractivity (Wildman–Crippen MR) is 101 cm³/mol. The highest BCUT2D eigenvalue weighted by atomic mass is 16.7. The summed E-state index contributed by atoms with van der Waals surface area (Å²) in [4.78, 5) is 32.9. The van der Waals surface area contributed by atoms with Gasteiger partial charge in [-0.2, -0.15) is 10.6 Å². The first-order chi connectivity index (χ1) is 13.8. The van der Waals surface area contributed by atoms with Gasteiger partial charge in [0.2, 0.25) is 11.5 Å². The Morgan fingerprint density at radius 2 is 1.50 bits per heavy atom. The van der Waals surface area contributed by atoms with Gasteiger partial charge < -0.3 is 9.68 Å². The molecule has 138 valence electrons. The van der Waals surface area contributed by atoms with E-state index < -0.39 is 0 Å². The van der Waals surface area contributed by atoms with E-state index in [1.165, 1.54) is 10.9 Å². The van der Waals surface area contributed by atoms with Crippen LogP contribution in [0.25, 0.3) is 11.5 Å². The number of nitrogens with one attached hydrogen (secondary N) is 1. The van der Waals surface area contributed by atoms with Gasteiger partial charge in [0, 0.05) is 23.5 Å². The second-order valence-corrected chi connectivity index (χ2v) is 5.26. The Labute approximate surface area is 160 Å². The molecule has 0 bridgehead atoms. The molecule has 0 saturated heterocycles. The molecule has 2 aromatic carbocycles. The number of nitrogens with zero attached hydrogens (tertiary/aromatic N) is 3.